The SMILES string of the molecule is N#Cc1cc(C#N)c(C2(c3c(C#N)cc(C#N)cc3C#N)N=CC=N2)c(C#N)c1. The minimum absolute atomic E-state index is 0.0334. The standard InChI is InChI=1S/C21H6N8/c22-7-13-3-15(9-24)19(16(4-13)10-25)21(28-1-2-29-21)20-17(11-26)5-14(8-23)6-18(20)12-27/h1-6H. The molecule has 0 N–H and O–H groups in total. The van der Waals surface area contributed by atoms with Crippen LogP contribution in [0.5, 0.6) is 0 Å². The van der Waals surface area contributed by atoms with E-state index >= 15 is 0 Å². The Bertz CT molecular complexity index is 1190. The zero-order valence-electron chi connectivity index (χ0n) is 14.5. The van der Waals surface area contributed by atoms with Gasteiger partial charge in [0.1, 0.15) is 0 Å². The predicted molar refractivity (Wildman–Crippen MR) is 98.9 cm³/mol. The number of hydrogen-bond acceptors (Lipinski definition) is 8. The Morgan fingerprint density at radius 1 is 0.517 bits per heavy atom. The van der Waals surface area contributed by atoms with Gasteiger partial charge in [-0.15, -0.1) is 0 Å². The van der Waals surface area contributed by atoms with Crippen molar-refractivity contribution in [2.45, 2.75) is 5.66 Å². The van der Waals surface area contributed by atoms with E-state index in [2.05, 4.69) is 9.98 Å². The number of aliphatic imine (C=N–C) groups is 2. The minimum Gasteiger partial charge on any atom is -0.252 e. The quantitative estimate of drug-likeness (QED) is 0.785. The second-order valence-corrected chi connectivity index (χ2v) is 5.79. The monoisotopic (exact) mass is 370 g/mol. The molecule has 0 spiro atoms. The van der Waals surface area contributed by atoms with Crippen molar-refractivity contribution in [3.8, 4) is 36.4 Å². The molecule has 1 aliphatic heterocycles. The van der Waals surface area contributed by atoms with Crippen molar-refractivity contribution >= 4 is 12.4 Å². The van der Waals surface area contributed by atoms with Gasteiger partial charge in [0.25, 0.3) is 0 Å². The van der Waals surface area contributed by atoms with E-state index in [0.29, 0.717) is 0 Å². The maximum absolute atomic E-state index is 9.67. The molecule has 29 heavy (non-hydrogen) atoms. The van der Waals surface area contributed by atoms with Gasteiger partial charge in [-0.05, 0) is 24.3 Å². The molecule has 3 rings (SSSR count). The summed E-state index contributed by atoms with van der Waals surface area (Å²) in [5.74, 6) is 0. The van der Waals surface area contributed by atoms with E-state index in [1.807, 2.05) is 36.4 Å². The lowest BCUT2D eigenvalue weighted by molar-refractivity contribution is 0.584. The second kappa shape index (κ2) is 7.15. The van der Waals surface area contributed by atoms with Crippen LogP contribution in [0.2, 0.25) is 0 Å². The first kappa shape index (κ1) is 18.5. The fourth-order valence-electron chi connectivity index (χ4n) is 3.22. The average molecular weight is 370 g/mol. The van der Waals surface area contributed by atoms with Crippen LogP contribution in [0.4, 0.5) is 0 Å². The summed E-state index contributed by atoms with van der Waals surface area (Å²) in [5, 5.41) is 57.1. The highest BCUT2D eigenvalue weighted by molar-refractivity contribution is 6.18. The van der Waals surface area contributed by atoms with E-state index in [-0.39, 0.29) is 44.5 Å². The van der Waals surface area contributed by atoms with Crippen molar-refractivity contribution in [1.29, 1.82) is 31.6 Å². The Morgan fingerprint density at radius 2 is 0.828 bits per heavy atom. The van der Waals surface area contributed by atoms with Gasteiger partial charge in [0, 0.05) is 23.6 Å². The van der Waals surface area contributed by atoms with Crippen LogP contribution < -0.4 is 0 Å². The lowest BCUT2D eigenvalue weighted by Gasteiger charge is -2.28. The minimum atomic E-state index is -1.74. The van der Waals surface area contributed by atoms with Gasteiger partial charge in [0.15, 0.2) is 0 Å². The van der Waals surface area contributed by atoms with Crippen molar-refractivity contribution in [3.05, 3.63) is 68.8 Å². The van der Waals surface area contributed by atoms with E-state index in [1.165, 1.54) is 36.7 Å². The molecule has 1 aliphatic rings. The second-order valence-electron chi connectivity index (χ2n) is 5.79. The van der Waals surface area contributed by atoms with Crippen LogP contribution in [0.3, 0.4) is 0 Å². The van der Waals surface area contributed by atoms with Crippen molar-refractivity contribution in [1.82, 2.24) is 0 Å². The largest absolute Gasteiger partial charge is 0.252 e. The number of nitrogens with zero attached hydrogens (tertiary/aromatic N) is 8. The maximum atomic E-state index is 9.67. The fourth-order valence-corrected chi connectivity index (χ4v) is 3.22. The summed E-state index contributed by atoms with van der Waals surface area (Å²) in [5.41, 5.74) is -1.56. The molecule has 0 saturated heterocycles. The van der Waals surface area contributed by atoms with E-state index in [1.54, 1.807) is 0 Å². The highest BCUT2D eigenvalue weighted by Gasteiger charge is 2.43. The first-order valence-corrected chi connectivity index (χ1v) is 7.95. The van der Waals surface area contributed by atoms with E-state index in [4.69, 9.17) is 0 Å². The number of rotatable bonds is 2. The summed E-state index contributed by atoms with van der Waals surface area (Å²) >= 11 is 0. The van der Waals surface area contributed by atoms with Gasteiger partial charge in [-0.1, -0.05) is 0 Å². The number of nitriles is 6. The molecule has 130 valence electrons. The van der Waals surface area contributed by atoms with Crippen LogP contribution >= 0.6 is 0 Å². The Hall–Kier alpha value is -5.28. The first-order valence-electron chi connectivity index (χ1n) is 7.95. The van der Waals surface area contributed by atoms with Crippen molar-refractivity contribution in [3.63, 3.8) is 0 Å². The van der Waals surface area contributed by atoms with Crippen LogP contribution in [-0.2, 0) is 5.66 Å². The molecule has 0 bridgehead atoms. The third-order valence-corrected chi connectivity index (χ3v) is 4.30. The molecule has 8 nitrogen and oxygen atoms in total. The summed E-state index contributed by atoms with van der Waals surface area (Å²) in [6, 6.07) is 16.7. The van der Waals surface area contributed by atoms with Crippen molar-refractivity contribution < 1.29 is 0 Å². The van der Waals surface area contributed by atoms with Gasteiger partial charge in [0.05, 0.1) is 69.8 Å². The Labute approximate surface area is 165 Å². The van der Waals surface area contributed by atoms with Crippen molar-refractivity contribution in [2.75, 3.05) is 0 Å². The summed E-state index contributed by atoms with van der Waals surface area (Å²) in [4.78, 5) is 8.67. The van der Waals surface area contributed by atoms with Gasteiger partial charge < -0.3 is 0 Å². The molecule has 0 saturated carbocycles. The lowest BCUT2D eigenvalue weighted by atomic mass is 9.80. The van der Waals surface area contributed by atoms with Crippen LogP contribution in [-0.4, -0.2) is 12.4 Å². The topological polar surface area (TPSA) is 167 Å². The molecule has 0 unspecified atom stereocenters. The summed E-state index contributed by atoms with van der Waals surface area (Å²) < 4.78 is 0. The fraction of sp³-hybridized carbons (Fsp3) is 0.0476. The van der Waals surface area contributed by atoms with Crippen molar-refractivity contribution in [2.24, 2.45) is 9.98 Å². The van der Waals surface area contributed by atoms with Gasteiger partial charge in [-0.3, -0.25) is 9.98 Å². The summed E-state index contributed by atoms with van der Waals surface area (Å²) in [6.07, 6.45) is 2.67. The van der Waals surface area contributed by atoms with Crippen LogP contribution in [0, 0.1) is 68.0 Å². The summed E-state index contributed by atoms with van der Waals surface area (Å²) in [6.45, 7) is 0. The summed E-state index contributed by atoms with van der Waals surface area (Å²) in [7, 11) is 0. The molecule has 0 fully saturated rings. The van der Waals surface area contributed by atoms with Gasteiger partial charge in [0.2, 0.25) is 5.66 Å². The zero-order valence-corrected chi connectivity index (χ0v) is 14.5. The highest BCUT2D eigenvalue weighted by Crippen LogP contribution is 2.43. The molecule has 1 heterocycles. The van der Waals surface area contributed by atoms with Gasteiger partial charge in [-0.25, -0.2) is 0 Å². The van der Waals surface area contributed by atoms with E-state index in [0.717, 1.165) is 0 Å². The van der Waals surface area contributed by atoms with Crippen LogP contribution in [0.1, 0.15) is 44.5 Å². The molecule has 0 radical (unpaired) electrons. The van der Waals surface area contributed by atoms with E-state index in [9.17, 15) is 31.6 Å². The Balaban J connectivity index is 2.54. The molecular formula is C21H6N8. The van der Waals surface area contributed by atoms with Gasteiger partial charge >= 0.3 is 0 Å². The number of hydrogen-bond donors (Lipinski definition) is 0. The third-order valence-electron chi connectivity index (χ3n) is 4.30. The van der Waals surface area contributed by atoms with Crippen LogP contribution in [0.25, 0.3) is 0 Å². The molecule has 0 aromatic heterocycles. The lowest BCUT2D eigenvalue weighted by Crippen LogP contribution is -2.27. The third kappa shape index (κ3) is 2.73. The molecule has 2 aromatic carbocycles. The smallest absolute Gasteiger partial charge is 0.206 e. The Morgan fingerprint density at radius 3 is 1.07 bits per heavy atom. The van der Waals surface area contributed by atoms with Crippen LogP contribution in [0.15, 0.2) is 34.3 Å². The highest BCUT2D eigenvalue weighted by atomic mass is 15.1. The normalized spacial score (nSPS) is 12.6. The molecule has 0 aliphatic carbocycles. The molecule has 0 atom stereocenters. The number of benzene rings is 2. The maximum Gasteiger partial charge on any atom is 0.206 e. The zero-order chi connectivity index (χ0) is 21.0. The molecular weight excluding hydrogens is 364 g/mol. The average Bonchev–Trinajstić information content (AvgIpc) is 3.26. The molecule has 8 heteroatoms. The van der Waals surface area contributed by atoms with E-state index < -0.39 is 5.66 Å². The Kier molecular flexibility index (Phi) is 4.56. The molecule has 0 amide bonds. The first-order chi connectivity index (χ1) is 14.1. The molecule has 2 aromatic rings. The van der Waals surface area contributed by atoms with Gasteiger partial charge in [-0.2, -0.15) is 31.6 Å². The predicted octanol–water partition coefficient (Wildman–Crippen LogP) is 2.27.